The standard InChI is InChI=1S/C17H18N2O/c1-12(2)18-11-14-8-10-17(20-14)16-9-7-13-5-3-4-6-15(13)19-16/h3-10,12,18H,11H2,1-2H3. The van der Waals surface area contributed by atoms with Crippen LogP contribution in [0.25, 0.3) is 22.4 Å². The molecule has 2 aromatic heterocycles. The van der Waals surface area contributed by atoms with Gasteiger partial charge >= 0.3 is 0 Å². The lowest BCUT2D eigenvalue weighted by Gasteiger charge is -2.05. The maximum absolute atomic E-state index is 5.84. The fourth-order valence-corrected chi connectivity index (χ4v) is 2.12. The normalized spacial score (nSPS) is 11.3. The van der Waals surface area contributed by atoms with E-state index in [1.54, 1.807) is 0 Å². The van der Waals surface area contributed by atoms with Gasteiger partial charge in [-0.3, -0.25) is 0 Å². The third kappa shape index (κ3) is 2.73. The summed E-state index contributed by atoms with van der Waals surface area (Å²) in [7, 11) is 0. The van der Waals surface area contributed by atoms with Crippen molar-refractivity contribution >= 4 is 10.9 Å². The van der Waals surface area contributed by atoms with Gasteiger partial charge in [0.1, 0.15) is 11.5 Å². The fourth-order valence-electron chi connectivity index (χ4n) is 2.12. The highest BCUT2D eigenvalue weighted by Gasteiger charge is 2.07. The summed E-state index contributed by atoms with van der Waals surface area (Å²) in [5.41, 5.74) is 1.86. The Morgan fingerprint density at radius 2 is 1.90 bits per heavy atom. The van der Waals surface area contributed by atoms with Crippen molar-refractivity contribution in [1.29, 1.82) is 0 Å². The molecule has 0 saturated heterocycles. The molecule has 3 aromatic rings. The Hall–Kier alpha value is -2.13. The number of fused-ring (bicyclic) bond motifs is 1. The Balaban J connectivity index is 1.87. The number of para-hydroxylation sites is 1. The molecule has 2 heterocycles. The second-order valence-electron chi connectivity index (χ2n) is 5.19. The smallest absolute Gasteiger partial charge is 0.152 e. The summed E-state index contributed by atoms with van der Waals surface area (Å²) in [6.07, 6.45) is 0. The lowest BCUT2D eigenvalue weighted by molar-refractivity contribution is 0.472. The van der Waals surface area contributed by atoms with E-state index in [-0.39, 0.29) is 0 Å². The fraction of sp³-hybridized carbons (Fsp3) is 0.235. The molecule has 1 N–H and O–H groups in total. The molecule has 0 bridgehead atoms. The first kappa shape index (κ1) is 12.9. The predicted molar refractivity (Wildman–Crippen MR) is 81.4 cm³/mol. The van der Waals surface area contributed by atoms with E-state index in [1.807, 2.05) is 36.4 Å². The third-order valence-electron chi connectivity index (χ3n) is 3.20. The highest BCUT2D eigenvalue weighted by Crippen LogP contribution is 2.23. The molecular formula is C17H18N2O. The topological polar surface area (TPSA) is 38.1 Å². The van der Waals surface area contributed by atoms with Crippen LogP contribution in [0.15, 0.2) is 52.9 Å². The van der Waals surface area contributed by atoms with Crippen molar-refractivity contribution in [3.8, 4) is 11.5 Å². The van der Waals surface area contributed by atoms with Gasteiger partial charge in [-0.25, -0.2) is 4.98 Å². The maximum Gasteiger partial charge on any atom is 0.152 e. The zero-order valence-corrected chi connectivity index (χ0v) is 11.8. The quantitative estimate of drug-likeness (QED) is 0.775. The van der Waals surface area contributed by atoms with Crippen LogP contribution in [0.3, 0.4) is 0 Å². The molecule has 0 aliphatic heterocycles. The van der Waals surface area contributed by atoms with Gasteiger partial charge in [0, 0.05) is 11.4 Å². The molecule has 1 aromatic carbocycles. The Morgan fingerprint density at radius 1 is 1.05 bits per heavy atom. The van der Waals surface area contributed by atoms with E-state index in [0.29, 0.717) is 6.04 Å². The SMILES string of the molecule is CC(C)NCc1ccc(-c2ccc3ccccc3n2)o1. The van der Waals surface area contributed by atoms with E-state index in [1.165, 1.54) is 0 Å². The zero-order chi connectivity index (χ0) is 13.9. The molecule has 0 aliphatic carbocycles. The number of hydrogen-bond acceptors (Lipinski definition) is 3. The summed E-state index contributed by atoms with van der Waals surface area (Å²) in [5, 5.41) is 4.49. The summed E-state index contributed by atoms with van der Waals surface area (Å²) in [6, 6.07) is 16.6. The predicted octanol–water partition coefficient (Wildman–Crippen LogP) is 3.99. The lowest BCUT2D eigenvalue weighted by atomic mass is 10.2. The van der Waals surface area contributed by atoms with Crippen molar-refractivity contribution < 1.29 is 4.42 Å². The van der Waals surface area contributed by atoms with Crippen molar-refractivity contribution in [3.63, 3.8) is 0 Å². The van der Waals surface area contributed by atoms with Gasteiger partial charge in [-0.15, -0.1) is 0 Å². The highest BCUT2D eigenvalue weighted by atomic mass is 16.3. The van der Waals surface area contributed by atoms with Crippen LogP contribution in [0.1, 0.15) is 19.6 Å². The van der Waals surface area contributed by atoms with Crippen LogP contribution in [-0.2, 0) is 6.54 Å². The molecular weight excluding hydrogens is 248 g/mol. The van der Waals surface area contributed by atoms with Crippen LogP contribution in [0, 0.1) is 0 Å². The minimum atomic E-state index is 0.447. The number of pyridine rings is 1. The number of nitrogens with one attached hydrogen (secondary N) is 1. The van der Waals surface area contributed by atoms with Crippen LogP contribution in [0.5, 0.6) is 0 Å². The number of aromatic nitrogens is 1. The summed E-state index contributed by atoms with van der Waals surface area (Å²) in [5.74, 6) is 1.75. The summed E-state index contributed by atoms with van der Waals surface area (Å²) >= 11 is 0. The molecule has 3 heteroatoms. The Morgan fingerprint density at radius 3 is 2.75 bits per heavy atom. The van der Waals surface area contributed by atoms with E-state index in [9.17, 15) is 0 Å². The van der Waals surface area contributed by atoms with Gasteiger partial charge in [-0.1, -0.05) is 38.1 Å². The van der Waals surface area contributed by atoms with Gasteiger partial charge in [0.2, 0.25) is 0 Å². The minimum absolute atomic E-state index is 0.447. The number of furan rings is 1. The first-order valence-corrected chi connectivity index (χ1v) is 6.90. The number of rotatable bonds is 4. The molecule has 0 saturated carbocycles. The molecule has 0 fully saturated rings. The van der Waals surface area contributed by atoms with Crippen LogP contribution in [0.2, 0.25) is 0 Å². The summed E-state index contributed by atoms with van der Waals surface area (Å²) in [6.45, 7) is 4.98. The summed E-state index contributed by atoms with van der Waals surface area (Å²) in [4.78, 5) is 4.64. The minimum Gasteiger partial charge on any atom is -0.458 e. The largest absolute Gasteiger partial charge is 0.458 e. The Labute approximate surface area is 118 Å². The van der Waals surface area contributed by atoms with Crippen LogP contribution < -0.4 is 5.32 Å². The second-order valence-corrected chi connectivity index (χ2v) is 5.19. The highest BCUT2D eigenvalue weighted by molar-refractivity contribution is 5.80. The molecule has 0 aliphatic rings. The van der Waals surface area contributed by atoms with E-state index >= 15 is 0 Å². The average molecular weight is 266 g/mol. The average Bonchev–Trinajstić information content (AvgIpc) is 2.93. The van der Waals surface area contributed by atoms with E-state index in [2.05, 4.69) is 36.3 Å². The van der Waals surface area contributed by atoms with Gasteiger partial charge in [0.25, 0.3) is 0 Å². The van der Waals surface area contributed by atoms with Gasteiger partial charge < -0.3 is 9.73 Å². The molecule has 3 rings (SSSR count). The monoisotopic (exact) mass is 266 g/mol. The van der Waals surface area contributed by atoms with Gasteiger partial charge in [-0.2, -0.15) is 0 Å². The molecule has 0 atom stereocenters. The van der Waals surface area contributed by atoms with E-state index < -0.39 is 0 Å². The van der Waals surface area contributed by atoms with Gasteiger partial charge in [0.05, 0.1) is 12.1 Å². The first-order chi connectivity index (χ1) is 9.72. The Kier molecular flexibility index (Phi) is 3.52. The molecule has 0 unspecified atom stereocenters. The van der Waals surface area contributed by atoms with Gasteiger partial charge in [0.15, 0.2) is 5.76 Å². The zero-order valence-electron chi connectivity index (χ0n) is 11.8. The molecule has 20 heavy (non-hydrogen) atoms. The van der Waals surface area contributed by atoms with Crippen molar-refractivity contribution in [2.75, 3.05) is 0 Å². The van der Waals surface area contributed by atoms with Gasteiger partial charge in [-0.05, 0) is 24.3 Å². The molecule has 0 amide bonds. The lowest BCUT2D eigenvalue weighted by Crippen LogP contribution is -2.21. The third-order valence-corrected chi connectivity index (χ3v) is 3.20. The molecule has 0 spiro atoms. The number of hydrogen-bond donors (Lipinski definition) is 1. The number of benzene rings is 1. The summed E-state index contributed by atoms with van der Waals surface area (Å²) < 4.78 is 5.84. The van der Waals surface area contributed by atoms with Crippen molar-refractivity contribution in [1.82, 2.24) is 10.3 Å². The van der Waals surface area contributed by atoms with Crippen molar-refractivity contribution in [2.24, 2.45) is 0 Å². The van der Waals surface area contributed by atoms with Crippen molar-refractivity contribution in [3.05, 3.63) is 54.3 Å². The number of nitrogens with zero attached hydrogens (tertiary/aromatic N) is 1. The van der Waals surface area contributed by atoms with E-state index in [0.717, 1.165) is 34.7 Å². The van der Waals surface area contributed by atoms with Crippen LogP contribution in [0.4, 0.5) is 0 Å². The first-order valence-electron chi connectivity index (χ1n) is 6.90. The van der Waals surface area contributed by atoms with Crippen LogP contribution in [-0.4, -0.2) is 11.0 Å². The molecule has 0 radical (unpaired) electrons. The van der Waals surface area contributed by atoms with Crippen molar-refractivity contribution in [2.45, 2.75) is 26.4 Å². The molecule has 102 valence electrons. The Bertz CT molecular complexity index is 716. The van der Waals surface area contributed by atoms with E-state index in [4.69, 9.17) is 4.42 Å². The second kappa shape index (κ2) is 5.47. The molecule has 3 nitrogen and oxygen atoms in total. The van der Waals surface area contributed by atoms with Crippen LogP contribution >= 0.6 is 0 Å². The maximum atomic E-state index is 5.84.